The Balaban J connectivity index is 3.43. The van der Waals surface area contributed by atoms with Crippen molar-refractivity contribution in [2.75, 3.05) is 13.6 Å². The van der Waals surface area contributed by atoms with Crippen LogP contribution in [0.15, 0.2) is 0 Å². The van der Waals surface area contributed by atoms with E-state index >= 15 is 0 Å². The second kappa shape index (κ2) is 5.04. The van der Waals surface area contributed by atoms with E-state index in [1.54, 1.807) is 0 Å². The fourth-order valence-corrected chi connectivity index (χ4v) is 1.19. The van der Waals surface area contributed by atoms with Gasteiger partial charge in [0.15, 0.2) is 23.3 Å². The molecule has 0 saturated carbocycles. The molecule has 0 radical (unpaired) electrons. The first kappa shape index (κ1) is 14.0. The van der Waals surface area contributed by atoms with Crippen molar-refractivity contribution in [1.29, 1.82) is 0 Å². The number of nitrogens with zero attached hydrogens (tertiary/aromatic N) is 1. The molecule has 0 unspecified atom stereocenters. The van der Waals surface area contributed by atoms with Crippen LogP contribution in [0.4, 0.5) is 22.0 Å². The Bertz CT molecular complexity index is 520. The molecule has 0 saturated heterocycles. The predicted octanol–water partition coefficient (Wildman–Crippen LogP) is 2.09. The van der Waals surface area contributed by atoms with Crippen molar-refractivity contribution in [3.05, 3.63) is 34.6 Å². The van der Waals surface area contributed by atoms with Crippen molar-refractivity contribution in [2.45, 2.75) is 0 Å². The number of rotatable bonds is 2. The van der Waals surface area contributed by atoms with Crippen molar-refractivity contribution in [3.8, 4) is 12.3 Å². The van der Waals surface area contributed by atoms with Gasteiger partial charge in [0, 0.05) is 7.05 Å². The number of carbonyl (C=O) groups is 1. The van der Waals surface area contributed by atoms with Crippen LogP contribution in [0.3, 0.4) is 0 Å². The zero-order valence-corrected chi connectivity index (χ0v) is 9.03. The lowest BCUT2D eigenvalue weighted by atomic mass is 10.1. The van der Waals surface area contributed by atoms with Gasteiger partial charge in [0.05, 0.1) is 6.54 Å². The maximum absolute atomic E-state index is 13.2. The average Bonchev–Trinajstić information content (AvgIpc) is 2.34. The third-order valence-corrected chi connectivity index (χ3v) is 2.10. The van der Waals surface area contributed by atoms with Gasteiger partial charge >= 0.3 is 0 Å². The van der Waals surface area contributed by atoms with Crippen LogP contribution in [0.25, 0.3) is 0 Å². The molecule has 0 spiro atoms. The average molecular weight is 263 g/mol. The van der Waals surface area contributed by atoms with Crippen LogP contribution in [0, 0.1) is 41.4 Å². The summed E-state index contributed by atoms with van der Waals surface area (Å²) in [6.45, 7) is -0.335. The van der Waals surface area contributed by atoms with Gasteiger partial charge in [-0.1, -0.05) is 5.92 Å². The molecule has 18 heavy (non-hydrogen) atoms. The number of hydrogen-bond acceptors (Lipinski definition) is 1. The number of amides is 1. The third-order valence-electron chi connectivity index (χ3n) is 2.10. The number of halogens is 5. The van der Waals surface area contributed by atoms with Crippen LogP contribution >= 0.6 is 0 Å². The van der Waals surface area contributed by atoms with Gasteiger partial charge in [0.25, 0.3) is 5.91 Å². The van der Waals surface area contributed by atoms with Crippen molar-refractivity contribution in [1.82, 2.24) is 4.90 Å². The summed E-state index contributed by atoms with van der Waals surface area (Å²) in [7, 11) is 1.07. The SMILES string of the molecule is C#CCN(C)C(=O)c1c(F)c(F)c(F)c(F)c1F. The summed E-state index contributed by atoms with van der Waals surface area (Å²) in [4.78, 5) is 12.1. The van der Waals surface area contributed by atoms with Gasteiger partial charge in [-0.05, 0) is 0 Å². The zero-order chi connectivity index (χ0) is 14.0. The Kier molecular flexibility index (Phi) is 3.91. The lowest BCUT2D eigenvalue weighted by Gasteiger charge is -2.15. The number of carbonyl (C=O) groups excluding carboxylic acids is 1. The highest BCUT2D eigenvalue weighted by molar-refractivity contribution is 5.94. The summed E-state index contributed by atoms with van der Waals surface area (Å²) in [5.41, 5.74) is -1.52. The molecule has 2 nitrogen and oxygen atoms in total. The van der Waals surface area contributed by atoms with E-state index in [4.69, 9.17) is 6.42 Å². The van der Waals surface area contributed by atoms with Gasteiger partial charge < -0.3 is 4.90 Å². The molecule has 1 aromatic rings. The van der Waals surface area contributed by atoms with Gasteiger partial charge in [-0.15, -0.1) is 6.42 Å². The number of hydrogen-bond donors (Lipinski definition) is 0. The molecule has 1 aromatic carbocycles. The summed E-state index contributed by atoms with van der Waals surface area (Å²) >= 11 is 0. The maximum atomic E-state index is 13.2. The standard InChI is InChI=1S/C11H6F5NO/c1-3-4-17(2)11(18)5-6(12)8(14)10(16)9(15)7(5)13/h1H,4H2,2H3. The van der Waals surface area contributed by atoms with E-state index in [9.17, 15) is 26.7 Å². The van der Waals surface area contributed by atoms with Gasteiger partial charge in [0.1, 0.15) is 5.56 Å². The first-order chi connectivity index (χ1) is 8.32. The van der Waals surface area contributed by atoms with Crippen molar-refractivity contribution in [3.63, 3.8) is 0 Å². The first-order valence-corrected chi connectivity index (χ1v) is 4.53. The van der Waals surface area contributed by atoms with E-state index < -0.39 is 40.6 Å². The molecule has 0 aliphatic rings. The highest BCUT2D eigenvalue weighted by Crippen LogP contribution is 2.23. The van der Waals surface area contributed by atoms with E-state index in [0.29, 0.717) is 4.90 Å². The predicted molar refractivity (Wildman–Crippen MR) is 52.0 cm³/mol. The Morgan fingerprint density at radius 1 is 1.06 bits per heavy atom. The van der Waals surface area contributed by atoms with Crippen LogP contribution in [-0.2, 0) is 0 Å². The van der Waals surface area contributed by atoms with E-state index in [0.717, 1.165) is 7.05 Å². The van der Waals surface area contributed by atoms with Crippen LogP contribution < -0.4 is 0 Å². The second-order valence-electron chi connectivity index (χ2n) is 3.31. The summed E-state index contributed by atoms with van der Waals surface area (Å²) in [5.74, 6) is -10.4. The largest absolute Gasteiger partial charge is 0.330 e. The highest BCUT2D eigenvalue weighted by Gasteiger charge is 2.30. The molecule has 0 fully saturated rings. The number of benzene rings is 1. The van der Waals surface area contributed by atoms with Gasteiger partial charge in [0.2, 0.25) is 5.82 Å². The lowest BCUT2D eigenvalue weighted by Crippen LogP contribution is -2.29. The first-order valence-electron chi connectivity index (χ1n) is 4.53. The molecule has 0 aliphatic carbocycles. The summed E-state index contributed by atoms with van der Waals surface area (Å²) in [6, 6.07) is 0. The molecule has 0 bridgehead atoms. The van der Waals surface area contributed by atoms with Crippen LogP contribution in [0.5, 0.6) is 0 Å². The summed E-state index contributed by atoms with van der Waals surface area (Å²) in [6.07, 6.45) is 4.87. The van der Waals surface area contributed by atoms with Crippen LogP contribution in [0.1, 0.15) is 10.4 Å². The van der Waals surface area contributed by atoms with Gasteiger partial charge in [-0.2, -0.15) is 0 Å². The smallest absolute Gasteiger partial charge is 0.260 e. The van der Waals surface area contributed by atoms with E-state index in [-0.39, 0.29) is 6.54 Å². The minimum absolute atomic E-state index is 0.335. The molecule has 7 heteroatoms. The van der Waals surface area contributed by atoms with E-state index in [2.05, 4.69) is 0 Å². The molecule has 96 valence electrons. The zero-order valence-electron chi connectivity index (χ0n) is 9.03. The van der Waals surface area contributed by atoms with Crippen molar-refractivity contribution in [2.24, 2.45) is 0 Å². The van der Waals surface area contributed by atoms with Crippen LogP contribution in [0.2, 0.25) is 0 Å². The maximum Gasteiger partial charge on any atom is 0.260 e. The van der Waals surface area contributed by atoms with E-state index in [1.165, 1.54) is 0 Å². The van der Waals surface area contributed by atoms with Crippen LogP contribution in [-0.4, -0.2) is 24.4 Å². The monoisotopic (exact) mass is 263 g/mol. The second-order valence-corrected chi connectivity index (χ2v) is 3.31. The fraction of sp³-hybridized carbons (Fsp3) is 0.182. The molecule has 0 heterocycles. The molecular formula is C11H6F5NO. The Morgan fingerprint density at radius 2 is 1.44 bits per heavy atom. The van der Waals surface area contributed by atoms with E-state index in [1.807, 2.05) is 5.92 Å². The quantitative estimate of drug-likeness (QED) is 0.346. The lowest BCUT2D eigenvalue weighted by molar-refractivity contribution is 0.0799. The molecule has 0 N–H and O–H groups in total. The van der Waals surface area contributed by atoms with Crippen molar-refractivity contribution >= 4 is 5.91 Å². The molecule has 0 atom stereocenters. The molecular weight excluding hydrogens is 257 g/mol. The Hall–Kier alpha value is -2.10. The Morgan fingerprint density at radius 3 is 1.83 bits per heavy atom. The molecule has 0 aromatic heterocycles. The minimum Gasteiger partial charge on any atom is -0.330 e. The Labute approximate surface area is 99.0 Å². The van der Waals surface area contributed by atoms with Gasteiger partial charge in [-0.25, -0.2) is 22.0 Å². The normalized spacial score (nSPS) is 10.1. The summed E-state index contributed by atoms with van der Waals surface area (Å²) < 4.78 is 64.9. The third kappa shape index (κ3) is 2.14. The topological polar surface area (TPSA) is 20.3 Å². The fourth-order valence-electron chi connectivity index (χ4n) is 1.19. The molecule has 1 rings (SSSR count). The highest BCUT2D eigenvalue weighted by atomic mass is 19.2. The molecule has 1 amide bonds. The van der Waals surface area contributed by atoms with Gasteiger partial charge in [-0.3, -0.25) is 4.79 Å². The minimum atomic E-state index is -2.32. The van der Waals surface area contributed by atoms with Crippen molar-refractivity contribution < 1.29 is 26.7 Å². The number of terminal acetylenes is 1. The molecule has 0 aliphatic heterocycles. The summed E-state index contributed by atoms with van der Waals surface area (Å²) in [5, 5.41) is 0.